The highest BCUT2D eigenvalue weighted by Crippen LogP contribution is 2.33. The summed E-state index contributed by atoms with van der Waals surface area (Å²) in [4.78, 5) is 23.2. The van der Waals surface area contributed by atoms with Crippen LogP contribution in [0.2, 0.25) is 0 Å². The Labute approximate surface area is 174 Å². The summed E-state index contributed by atoms with van der Waals surface area (Å²) in [5, 5.41) is 0. The fraction of sp³-hybridized carbons (Fsp3) is 0. The van der Waals surface area contributed by atoms with Gasteiger partial charge < -0.3 is 0 Å². The molecular formula is C27H18N2O. The lowest BCUT2D eigenvalue weighted by Crippen LogP contribution is -2.05. The van der Waals surface area contributed by atoms with E-state index in [0.717, 1.165) is 27.9 Å². The van der Waals surface area contributed by atoms with E-state index in [2.05, 4.69) is 0 Å². The van der Waals surface area contributed by atoms with Gasteiger partial charge in [0.1, 0.15) is 0 Å². The summed E-state index contributed by atoms with van der Waals surface area (Å²) in [5.41, 5.74) is 6.12. The van der Waals surface area contributed by atoms with Crippen LogP contribution in [0.5, 0.6) is 0 Å². The summed E-state index contributed by atoms with van der Waals surface area (Å²) in [6, 6.07) is 34.7. The van der Waals surface area contributed by atoms with Crippen LogP contribution in [0.15, 0.2) is 109 Å². The Morgan fingerprint density at radius 3 is 1.77 bits per heavy atom. The molecule has 0 bridgehead atoms. The van der Waals surface area contributed by atoms with E-state index in [-0.39, 0.29) is 5.78 Å². The minimum Gasteiger partial charge on any atom is -0.289 e. The van der Waals surface area contributed by atoms with Crippen molar-refractivity contribution in [3.8, 4) is 22.5 Å². The summed E-state index contributed by atoms with van der Waals surface area (Å²) in [6.07, 6.45) is 0. The van der Waals surface area contributed by atoms with Crippen LogP contribution in [-0.2, 0) is 0 Å². The SMILES string of the molecule is O=C(c1ccccc1)c1ccccc1-c1nc2ccccc2nc1-c1ccccc1. The minimum atomic E-state index is -0.0276. The van der Waals surface area contributed by atoms with E-state index in [4.69, 9.17) is 9.97 Å². The van der Waals surface area contributed by atoms with E-state index < -0.39 is 0 Å². The maximum absolute atomic E-state index is 13.3. The van der Waals surface area contributed by atoms with Crippen molar-refractivity contribution in [2.45, 2.75) is 0 Å². The fourth-order valence-electron chi connectivity index (χ4n) is 3.62. The van der Waals surface area contributed by atoms with Crippen LogP contribution in [0, 0.1) is 0 Å². The zero-order chi connectivity index (χ0) is 20.3. The molecule has 0 aliphatic carbocycles. The number of carbonyl (C=O) groups excluding carboxylic acids is 1. The van der Waals surface area contributed by atoms with E-state index >= 15 is 0 Å². The molecule has 5 rings (SSSR count). The maximum atomic E-state index is 13.3. The second-order valence-corrected chi connectivity index (χ2v) is 7.02. The smallest absolute Gasteiger partial charge is 0.193 e. The molecule has 3 heteroatoms. The van der Waals surface area contributed by atoms with Gasteiger partial charge in [-0.25, -0.2) is 9.97 Å². The van der Waals surface area contributed by atoms with E-state index in [1.165, 1.54) is 0 Å². The van der Waals surface area contributed by atoms with Gasteiger partial charge in [0.2, 0.25) is 0 Å². The first kappa shape index (κ1) is 18.0. The number of nitrogens with zero attached hydrogens (tertiary/aromatic N) is 2. The highest BCUT2D eigenvalue weighted by Gasteiger charge is 2.19. The van der Waals surface area contributed by atoms with Gasteiger partial charge in [-0.1, -0.05) is 97.1 Å². The molecule has 5 aromatic rings. The summed E-state index contributed by atoms with van der Waals surface area (Å²) in [5.74, 6) is -0.0276. The highest BCUT2D eigenvalue weighted by molar-refractivity contribution is 6.13. The Hall–Kier alpha value is -4.11. The van der Waals surface area contributed by atoms with Gasteiger partial charge in [-0.05, 0) is 12.1 Å². The van der Waals surface area contributed by atoms with Gasteiger partial charge >= 0.3 is 0 Å². The number of ketones is 1. The number of hydrogen-bond acceptors (Lipinski definition) is 3. The molecule has 0 aliphatic rings. The lowest BCUT2D eigenvalue weighted by Gasteiger charge is -2.13. The molecule has 0 amide bonds. The molecule has 0 aliphatic heterocycles. The largest absolute Gasteiger partial charge is 0.289 e. The van der Waals surface area contributed by atoms with Crippen LogP contribution in [-0.4, -0.2) is 15.8 Å². The Morgan fingerprint density at radius 2 is 1.07 bits per heavy atom. The standard InChI is InChI=1S/C27H18N2O/c30-27(20-13-5-2-6-14-20)22-16-8-7-15-21(22)26-25(19-11-3-1-4-12-19)28-23-17-9-10-18-24(23)29-26/h1-18H. The molecule has 3 nitrogen and oxygen atoms in total. The van der Waals surface area contributed by atoms with E-state index in [1.807, 2.05) is 109 Å². The van der Waals surface area contributed by atoms with Crippen LogP contribution in [0.1, 0.15) is 15.9 Å². The number of aromatic nitrogens is 2. The first-order valence-electron chi connectivity index (χ1n) is 9.82. The summed E-state index contributed by atoms with van der Waals surface area (Å²) >= 11 is 0. The van der Waals surface area contributed by atoms with Crippen LogP contribution in [0.3, 0.4) is 0 Å². The number of hydrogen-bond donors (Lipinski definition) is 0. The molecule has 1 heterocycles. The topological polar surface area (TPSA) is 42.9 Å². The molecule has 0 atom stereocenters. The molecular weight excluding hydrogens is 368 g/mol. The third kappa shape index (κ3) is 3.27. The van der Waals surface area contributed by atoms with Crippen LogP contribution < -0.4 is 0 Å². The average Bonchev–Trinajstić information content (AvgIpc) is 2.84. The molecule has 1 aromatic heterocycles. The quantitative estimate of drug-likeness (QED) is 0.346. The molecule has 0 saturated heterocycles. The average molecular weight is 386 g/mol. The Balaban J connectivity index is 1.77. The molecule has 0 radical (unpaired) electrons. The van der Waals surface area contributed by atoms with Crippen molar-refractivity contribution in [1.29, 1.82) is 0 Å². The van der Waals surface area contributed by atoms with Crippen LogP contribution in [0.4, 0.5) is 0 Å². The van der Waals surface area contributed by atoms with E-state index in [1.54, 1.807) is 0 Å². The zero-order valence-corrected chi connectivity index (χ0v) is 16.2. The van der Waals surface area contributed by atoms with Gasteiger partial charge in [0.25, 0.3) is 0 Å². The van der Waals surface area contributed by atoms with E-state index in [0.29, 0.717) is 16.8 Å². The predicted octanol–water partition coefficient (Wildman–Crippen LogP) is 6.19. The molecule has 0 fully saturated rings. The van der Waals surface area contributed by atoms with Crippen molar-refractivity contribution in [2.75, 3.05) is 0 Å². The van der Waals surface area contributed by atoms with Gasteiger partial charge in [0, 0.05) is 22.3 Å². The number of carbonyl (C=O) groups is 1. The molecule has 0 saturated carbocycles. The second kappa shape index (κ2) is 7.72. The van der Waals surface area contributed by atoms with Gasteiger partial charge in [0.05, 0.1) is 22.4 Å². The molecule has 0 N–H and O–H groups in total. The van der Waals surface area contributed by atoms with Crippen LogP contribution in [0.25, 0.3) is 33.5 Å². The molecule has 0 unspecified atom stereocenters. The van der Waals surface area contributed by atoms with Crippen molar-refractivity contribution < 1.29 is 4.79 Å². The lowest BCUT2D eigenvalue weighted by atomic mass is 9.94. The zero-order valence-electron chi connectivity index (χ0n) is 16.2. The summed E-state index contributed by atoms with van der Waals surface area (Å²) in [7, 11) is 0. The fourth-order valence-corrected chi connectivity index (χ4v) is 3.62. The molecule has 30 heavy (non-hydrogen) atoms. The van der Waals surface area contributed by atoms with E-state index in [9.17, 15) is 4.79 Å². The minimum absolute atomic E-state index is 0.0276. The summed E-state index contributed by atoms with van der Waals surface area (Å²) in [6.45, 7) is 0. The van der Waals surface area contributed by atoms with Crippen molar-refractivity contribution in [2.24, 2.45) is 0 Å². The summed E-state index contributed by atoms with van der Waals surface area (Å²) < 4.78 is 0. The van der Waals surface area contributed by atoms with Crippen molar-refractivity contribution in [1.82, 2.24) is 9.97 Å². The number of benzene rings is 4. The third-order valence-corrected chi connectivity index (χ3v) is 5.08. The normalized spacial score (nSPS) is 10.8. The Bertz CT molecular complexity index is 1350. The van der Waals surface area contributed by atoms with Crippen LogP contribution >= 0.6 is 0 Å². The lowest BCUT2D eigenvalue weighted by molar-refractivity contribution is 0.103. The highest BCUT2D eigenvalue weighted by atomic mass is 16.1. The number of fused-ring (bicyclic) bond motifs is 1. The molecule has 4 aromatic carbocycles. The van der Waals surface area contributed by atoms with Gasteiger partial charge in [-0.3, -0.25) is 4.79 Å². The monoisotopic (exact) mass is 386 g/mol. The molecule has 0 spiro atoms. The third-order valence-electron chi connectivity index (χ3n) is 5.08. The van der Waals surface area contributed by atoms with Gasteiger partial charge in [-0.15, -0.1) is 0 Å². The maximum Gasteiger partial charge on any atom is 0.193 e. The Kier molecular flexibility index (Phi) is 4.62. The van der Waals surface area contributed by atoms with Crippen molar-refractivity contribution in [3.05, 3.63) is 120 Å². The van der Waals surface area contributed by atoms with Crippen molar-refractivity contribution in [3.63, 3.8) is 0 Å². The first-order valence-corrected chi connectivity index (χ1v) is 9.82. The first-order chi connectivity index (χ1) is 14.8. The second-order valence-electron chi connectivity index (χ2n) is 7.02. The van der Waals surface area contributed by atoms with Gasteiger partial charge in [0.15, 0.2) is 5.78 Å². The van der Waals surface area contributed by atoms with Gasteiger partial charge in [-0.2, -0.15) is 0 Å². The molecule has 142 valence electrons. The Morgan fingerprint density at radius 1 is 0.533 bits per heavy atom. The number of rotatable bonds is 4. The predicted molar refractivity (Wildman–Crippen MR) is 120 cm³/mol. The van der Waals surface area contributed by atoms with Crippen molar-refractivity contribution >= 4 is 16.8 Å². The number of para-hydroxylation sites is 2.